The molecule has 116 valence electrons. The molecule has 1 aliphatic carbocycles. The summed E-state index contributed by atoms with van der Waals surface area (Å²) in [5.41, 5.74) is 2.37. The SMILES string of the molecule is Cc1[nH]ncc1CCCNC(=O)C1CC2CCCCC2N1. The summed E-state index contributed by atoms with van der Waals surface area (Å²) in [5.74, 6) is 0.913. The smallest absolute Gasteiger partial charge is 0.237 e. The maximum absolute atomic E-state index is 12.2. The van der Waals surface area contributed by atoms with Crippen LogP contribution in [-0.2, 0) is 11.2 Å². The second-order valence-electron chi connectivity index (χ2n) is 6.52. The Balaban J connectivity index is 1.38. The van der Waals surface area contributed by atoms with Crippen LogP contribution in [0.2, 0.25) is 0 Å². The summed E-state index contributed by atoms with van der Waals surface area (Å²) in [6.45, 7) is 2.78. The zero-order valence-electron chi connectivity index (χ0n) is 12.8. The summed E-state index contributed by atoms with van der Waals surface area (Å²) in [4.78, 5) is 12.2. The third-order valence-electron chi connectivity index (χ3n) is 5.04. The molecule has 0 radical (unpaired) electrons. The van der Waals surface area contributed by atoms with Crippen LogP contribution in [0.4, 0.5) is 0 Å². The van der Waals surface area contributed by atoms with Crippen molar-refractivity contribution in [3.63, 3.8) is 0 Å². The Labute approximate surface area is 126 Å². The van der Waals surface area contributed by atoms with Crippen molar-refractivity contribution < 1.29 is 4.79 Å². The van der Waals surface area contributed by atoms with Crippen molar-refractivity contribution in [3.05, 3.63) is 17.5 Å². The highest BCUT2D eigenvalue weighted by atomic mass is 16.2. The average Bonchev–Trinajstić information content (AvgIpc) is 3.09. The summed E-state index contributed by atoms with van der Waals surface area (Å²) < 4.78 is 0. The number of amides is 1. The number of nitrogens with one attached hydrogen (secondary N) is 3. The molecule has 1 saturated carbocycles. The van der Waals surface area contributed by atoms with E-state index in [9.17, 15) is 4.79 Å². The van der Waals surface area contributed by atoms with Crippen molar-refractivity contribution in [2.75, 3.05) is 6.54 Å². The van der Waals surface area contributed by atoms with Crippen molar-refractivity contribution in [1.82, 2.24) is 20.8 Å². The Bertz CT molecular complexity index is 470. The summed E-state index contributed by atoms with van der Waals surface area (Å²) >= 11 is 0. The lowest BCUT2D eigenvalue weighted by Gasteiger charge is -2.24. The first-order valence-electron chi connectivity index (χ1n) is 8.26. The van der Waals surface area contributed by atoms with Crippen molar-refractivity contribution in [2.45, 2.75) is 64.0 Å². The fourth-order valence-corrected chi connectivity index (χ4v) is 3.76. The Morgan fingerprint density at radius 2 is 2.29 bits per heavy atom. The maximum Gasteiger partial charge on any atom is 0.237 e. The zero-order valence-corrected chi connectivity index (χ0v) is 12.8. The topological polar surface area (TPSA) is 69.8 Å². The van der Waals surface area contributed by atoms with Crippen LogP contribution in [-0.4, -0.2) is 34.7 Å². The number of hydrogen-bond acceptors (Lipinski definition) is 3. The molecule has 1 aromatic heterocycles. The van der Waals surface area contributed by atoms with Crippen molar-refractivity contribution in [3.8, 4) is 0 Å². The standard InChI is InChI=1S/C16H26N4O/c1-11-13(10-18-20-11)6-4-8-17-16(21)15-9-12-5-2-3-7-14(12)19-15/h10,12,14-15,19H,2-9H2,1H3,(H,17,21)(H,18,20). The van der Waals surface area contributed by atoms with Gasteiger partial charge < -0.3 is 10.6 Å². The van der Waals surface area contributed by atoms with Gasteiger partial charge in [0.15, 0.2) is 0 Å². The lowest BCUT2D eigenvalue weighted by Crippen LogP contribution is -2.43. The van der Waals surface area contributed by atoms with Crippen LogP contribution in [0.25, 0.3) is 0 Å². The van der Waals surface area contributed by atoms with Gasteiger partial charge in [-0.15, -0.1) is 0 Å². The number of rotatable bonds is 5. The second kappa shape index (κ2) is 6.60. The minimum Gasteiger partial charge on any atom is -0.355 e. The first kappa shape index (κ1) is 14.6. The van der Waals surface area contributed by atoms with Gasteiger partial charge in [0.05, 0.1) is 12.2 Å². The van der Waals surface area contributed by atoms with Gasteiger partial charge in [-0.3, -0.25) is 9.89 Å². The van der Waals surface area contributed by atoms with Gasteiger partial charge in [0.1, 0.15) is 0 Å². The predicted molar refractivity (Wildman–Crippen MR) is 81.9 cm³/mol. The van der Waals surface area contributed by atoms with Crippen LogP contribution in [0.15, 0.2) is 6.20 Å². The molecule has 2 aliphatic rings. The molecule has 1 amide bonds. The summed E-state index contributed by atoms with van der Waals surface area (Å²) in [6.07, 6.45) is 10.0. The lowest BCUT2D eigenvalue weighted by atomic mass is 9.85. The van der Waals surface area contributed by atoms with Gasteiger partial charge in [-0.05, 0) is 50.5 Å². The number of hydrogen-bond donors (Lipinski definition) is 3. The average molecular weight is 290 g/mol. The number of H-pyrrole nitrogens is 1. The van der Waals surface area contributed by atoms with Crippen molar-refractivity contribution >= 4 is 5.91 Å². The van der Waals surface area contributed by atoms with E-state index in [0.717, 1.165) is 37.4 Å². The van der Waals surface area contributed by atoms with Crippen LogP contribution < -0.4 is 10.6 Å². The van der Waals surface area contributed by atoms with Crippen LogP contribution in [0.5, 0.6) is 0 Å². The number of aromatic nitrogens is 2. The third-order valence-corrected chi connectivity index (χ3v) is 5.04. The molecule has 21 heavy (non-hydrogen) atoms. The molecule has 3 N–H and O–H groups in total. The van der Waals surface area contributed by atoms with E-state index in [0.29, 0.717) is 6.04 Å². The van der Waals surface area contributed by atoms with Gasteiger partial charge in [0.25, 0.3) is 0 Å². The molecular formula is C16H26N4O. The predicted octanol–water partition coefficient (Wildman–Crippen LogP) is 1.69. The fraction of sp³-hybridized carbons (Fsp3) is 0.750. The van der Waals surface area contributed by atoms with E-state index in [1.54, 1.807) is 0 Å². The van der Waals surface area contributed by atoms with Crippen LogP contribution in [0.3, 0.4) is 0 Å². The molecule has 3 atom stereocenters. The highest BCUT2D eigenvalue weighted by Crippen LogP contribution is 2.33. The molecule has 3 unspecified atom stereocenters. The number of nitrogens with zero attached hydrogens (tertiary/aromatic N) is 1. The van der Waals surface area contributed by atoms with Crippen molar-refractivity contribution in [1.29, 1.82) is 0 Å². The normalized spacial score (nSPS) is 28.3. The summed E-state index contributed by atoms with van der Waals surface area (Å²) in [5, 5.41) is 13.6. The lowest BCUT2D eigenvalue weighted by molar-refractivity contribution is -0.122. The minimum absolute atomic E-state index is 0.0359. The molecule has 3 rings (SSSR count). The molecule has 0 aromatic carbocycles. The molecule has 1 aliphatic heterocycles. The number of aromatic amines is 1. The Hall–Kier alpha value is -1.36. The monoisotopic (exact) mass is 290 g/mol. The molecular weight excluding hydrogens is 264 g/mol. The van der Waals surface area contributed by atoms with E-state index >= 15 is 0 Å². The van der Waals surface area contributed by atoms with Gasteiger partial charge in [-0.25, -0.2) is 0 Å². The fourth-order valence-electron chi connectivity index (χ4n) is 3.76. The molecule has 5 heteroatoms. The summed E-state index contributed by atoms with van der Waals surface area (Å²) in [7, 11) is 0. The first-order valence-corrected chi connectivity index (χ1v) is 8.26. The highest BCUT2D eigenvalue weighted by Gasteiger charge is 2.37. The molecule has 1 aromatic rings. The molecule has 2 heterocycles. The number of carbonyl (C=O) groups excluding carboxylic acids is 1. The maximum atomic E-state index is 12.2. The highest BCUT2D eigenvalue weighted by molar-refractivity contribution is 5.82. The van der Waals surface area contributed by atoms with Gasteiger partial charge in [-0.2, -0.15) is 5.10 Å². The third kappa shape index (κ3) is 3.46. The molecule has 0 bridgehead atoms. The second-order valence-corrected chi connectivity index (χ2v) is 6.52. The van der Waals surface area contributed by atoms with Gasteiger partial charge in [-0.1, -0.05) is 12.8 Å². The quantitative estimate of drug-likeness (QED) is 0.723. The van der Waals surface area contributed by atoms with E-state index in [-0.39, 0.29) is 11.9 Å². The molecule has 5 nitrogen and oxygen atoms in total. The number of carbonyl (C=O) groups is 1. The number of aryl methyl sites for hydroxylation is 2. The van der Waals surface area contributed by atoms with Gasteiger partial charge in [0.2, 0.25) is 5.91 Å². The van der Waals surface area contributed by atoms with Gasteiger partial charge in [0, 0.05) is 18.3 Å². The van der Waals surface area contributed by atoms with E-state index in [1.807, 2.05) is 13.1 Å². The van der Waals surface area contributed by atoms with Gasteiger partial charge >= 0.3 is 0 Å². The first-order chi connectivity index (χ1) is 10.2. The Morgan fingerprint density at radius 3 is 3.05 bits per heavy atom. The van der Waals surface area contributed by atoms with Crippen LogP contribution in [0, 0.1) is 12.8 Å². The molecule has 2 fully saturated rings. The van der Waals surface area contributed by atoms with Crippen LogP contribution in [0.1, 0.15) is 49.8 Å². The van der Waals surface area contributed by atoms with E-state index < -0.39 is 0 Å². The van der Waals surface area contributed by atoms with E-state index in [1.165, 1.54) is 31.2 Å². The summed E-state index contributed by atoms with van der Waals surface area (Å²) in [6, 6.07) is 0.622. The molecule has 0 spiro atoms. The Kier molecular flexibility index (Phi) is 4.58. The number of fused-ring (bicyclic) bond motifs is 1. The van der Waals surface area contributed by atoms with Crippen molar-refractivity contribution in [2.24, 2.45) is 5.92 Å². The van der Waals surface area contributed by atoms with Crippen LogP contribution >= 0.6 is 0 Å². The molecule has 1 saturated heterocycles. The van der Waals surface area contributed by atoms with E-state index in [4.69, 9.17) is 0 Å². The largest absolute Gasteiger partial charge is 0.355 e. The minimum atomic E-state index is 0.0359. The zero-order chi connectivity index (χ0) is 14.7. The van der Waals surface area contributed by atoms with E-state index in [2.05, 4.69) is 20.8 Å². The Morgan fingerprint density at radius 1 is 1.43 bits per heavy atom.